The van der Waals surface area contributed by atoms with Crippen molar-refractivity contribution in [3.05, 3.63) is 39.4 Å². The number of hydrogen-bond acceptors (Lipinski definition) is 5. The Labute approximate surface area is 114 Å². The van der Waals surface area contributed by atoms with E-state index in [0.717, 1.165) is 25.3 Å². The molecule has 110 valence electrons. The van der Waals surface area contributed by atoms with Gasteiger partial charge in [0.1, 0.15) is 0 Å². The molecule has 1 aromatic rings. The number of ether oxygens (including phenoxy) is 1. The van der Waals surface area contributed by atoms with Gasteiger partial charge in [-0.1, -0.05) is 0 Å². The molecule has 0 aliphatic rings. The van der Waals surface area contributed by atoms with E-state index in [4.69, 9.17) is 14.9 Å². The fourth-order valence-electron chi connectivity index (χ4n) is 1.21. The van der Waals surface area contributed by atoms with Crippen molar-refractivity contribution in [3.8, 4) is 0 Å². The Balaban J connectivity index is 0.000000621. The highest BCUT2D eigenvalue weighted by molar-refractivity contribution is 6.02. The summed E-state index contributed by atoms with van der Waals surface area (Å²) in [5.74, 6) is -2.96. The number of non-ortho nitro benzene ring substituents is 1. The Morgan fingerprint density at radius 2 is 1.65 bits per heavy atom. The van der Waals surface area contributed by atoms with Gasteiger partial charge in [-0.05, 0) is 19.9 Å². The molecule has 0 saturated heterocycles. The third-order valence-electron chi connectivity index (χ3n) is 2.08. The van der Waals surface area contributed by atoms with Crippen LogP contribution in [0.4, 0.5) is 5.69 Å². The van der Waals surface area contributed by atoms with Crippen LogP contribution in [0.1, 0.15) is 34.6 Å². The second-order valence-electron chi connectivity index (χ2n) is 3.38. The molecule has 1 aromatic carbocycles. The fraction of sp³-hybridized carbons (Fsp3) is 0.333. The van der Waals surface area contributed by atoms with Gasteiger partial charge in [0.05, 0.1) is 16.1 Å². The monoisotopic (exact) mass is 285 g/mol. The minimum Gasteiger partial charge on any atom is -0.478 e. The van der Waals surface area contributed by atoms with Gasteiger partial charge in [-0.2, -0.15) is 0 Å². The Bertz CT molecular complexity index is 497. The molecule has 2 N–H and O–H groups in total. The predicted octanol–water partition coefficient (Wildman–Crippen LogP) is 2.03. The number of rotatable bonds is 5. The van der Waals surface area contributed by atoms with Crippen molar-refractivity contribution in [1.29, 1.82) is 0 Å². The molecule has 0 atom stereocenters. The van der Waals surface area contributed by atoms with Crippen LogP contribution in [0.2, 0.25) is 0 Å². The average Bonchev–Trinajstić information content (AvgIpc) is 2.39. The van der Waals surface area contributed by atoms with E-state index in [0.29, 0.717) is 6.07 Å². The molecule has 0 aliphatic heterocycles. The predicted molar refractivity (Wildman–Crippen MR) is 69.2 cm³/mol. The van der Waals surface area contributed by atoms with Gasteiger partial charge in [0, 0.05) is 25.3 Å². The van der Waals surface area contributed by atoms with E-state index in [1.165, 1.54) is 0 Å². The van der Waals surface area contributed by atoms with Crippen molar-refractivity contribution in [2.75, 3.05) is 13.2 Å². The summed E-state index contributed by atoms with van der Waals surface area (Å²) in [5.41, 5.74) is -1.54. The van der Waals surface area contributed by atoms with Crippen LogP contribution in [0.25, 0.3) is 0 Å². The first-order chi connectivity index (χ1) is 9.34. The standard InChI is InChI=1S/C8H5NO6.C4H10O/c10-7(11)5-2-1-4(9(14)15)3-6(5)8(12)13;1-3-5-4-2/h1-3H,(H,10,11)(H,12,13);3-4H2,1-2H3. The molecule has 0 aromatic heterocycles. The number of carboxylic acid groups (broad SMARTS) is 2. The summed E-state index contributed by atoms with van der Waals surface area (Å²) < 4.78 is 4.83. The highest BCUT2D eigenvalue weighted by Gasteiger charge is 2.19. The fourth-order valence-corrected chi connectivity index (χ4v) is 1.21. The molecular weight excluding hydrogens is 270 g/mol. The molecular formula is C12H15NO7. The lowest BCUT2D eigenvalue weighted by molar-refractivity contribution is -0.384. The first-order valence-electron chi connectivity index (χ1n) is 5.67. The van der Waals surface area contributed by atoms with Gasteiger partial charge in [0.15, 0.2) is 0 Å². The van der Waals surface area contributed by atoms with Crippen LogP contribution in [0, 0.1) is 10.1 Å². The maximum atomic E-state index is 10.6. The van der Waals surface area contributed by atoms with Gasteiger partial charge in [0.2, 0.25) is 0 Å². The van der Waals surface area contributed by atoms with Crippen LogP contribution in [-0.4, -0.2) is 40.3 Å². The molecule has 1 rings (SSSR count). The number of carboxylic acids is 2. The summed E-state index contributed by atoms with van der Waals surface area (Å²) in [7, 11) is 0. The summed E-state index contributed by atoms with van der Waals surface area (Å²) in [6, 6.07) is 2.55. The zero-order valence-electron chi connectivity index (χ0n) is 11.0. The molecule has 0 amide bonds. The first-order valence-corrected chi connectivity index (χ1v) is 5.67. The zero-order chi connectivity index (χ0) is 15.7. The molecule has 0 heterocycles. The van der Waals surface area contributed by atoms with Crippen LogP contribution in [0.5, 0.6) is 0 Å². The first kappa shape index (κ1) is 17.5. The van der Waals surface area contributed by atoms with Crippen LogP contribution in [-0.2, 0) is 4.74 Å². The van der Waals surface area contributed by atoms with Crippen LogP contribution >= 0.6 is 0 Å². The lowest BCUT2D eigenvalue weighted by atomic mass is 10.1. The van der Waals surface area contributed by atoms with Crippen molar-refractivity contribution in [1.82, 2.24) is 0 Å². The van der Waals surface area contributed by atoms with E-state index in [1.807, 2.05) is 13.8 Å². The van der Waals surface area contributed by atoms with Crippen molar-refractivity contribution in [3.63, 3.8) is 0 Å². The number of nitro groups is 1. The quantitative estimate of drug-likeness (QED) is 0.625. The second kappa shape index (κ2) is 8.59. The van der Waals surface area contributed by atoms with E-state index < -0.39 is 33.7 Å². The molecule has 0 aliphatic carbocycles. The van der Waals surface area contributed by atoms with Crippen molar-refractivity contribution in [2.45, 2.75) is 13.8 Å². The Morgan fingerprint density at radius 3 is 1.95 bits per heavy atom. The number of nitrogens with zero attached hydrogens (tertiary/aromatic N) is 1. The molecule has 0 radical (unpaired) electrons. The Kier molecular flexibility index (Phi) is 7.53. The minimum atomic E-state index is -1.52. The topological polar surface area (TPSA) is 127 Å². The molecule has 0 bridgehead atoms. The Morgan fingerprint density at radius 1 is 1.15 bits per heavy atom. The maximum Gasteiger partial charge on any atom is 0.336 e. The molecule has 0 spiro atoms. The Hall–Kier alpha value is -2.48. The third-order valence-corrected chi connectivity index (χ3v) is 2.08. The molecule has 0 saturated carbocycles. The average molecular weight is 285 g/mol. The molecule has 8 heteroatoms. The highest BCUT2D eigenvalue weighted by atomic mass is 16.6. The van der Waals surface area contributed by atoms with Gasteiger partial charge in [-0.25, -0.2) is 9.59 Å². The maximum absolute atomic E-state index is 10.6. The van der Waals surface area contributed by atoms with Gasteiger partial charge >= 0.3 is 11.9 Å². The summed E-state index contributed by atoms with van der Waals surface area (Å²) >= 11 is 0. The SMILES string of the molecule is CCOCC.O=C(O)c1ccc([N+](=O)[O-])cc1C(=O)O. The van der Waals surface area contributed by atoms with Crippen molar-refractivity contribution in [2.24, 2.45) is 0 Å². The summed E-state index contributed by atoms with van der Waals surface area (Å²) in [6.45, 7) is 5.67. The lowest BCUT2D eigenvalue weighted by Gasteiger charge is -2.00. The molecule has 8 nitrogen and oxygen atoms in total. The number of aromatic carboxylic acids is 2. The van der Waals surface area contributed by atoms with Crippen molar-refractivity contribution < 1.29 is 29.5 Å². The van der Waals surface area contributed by atoms with E-state index in [9.17, 15) is 19.7 Å². The van der Waals surface area contributed by atoms with Gasteiger partial charge in [0.25, 0.3) is 5.69 Å². The molecule has 0 fully saturated rings. The van der Waals surface area contributed by atoms with Crippen LogP contribution in [0.15, 0.2) is 18.2 Å². The normalized spacial score (nSPS) is 9.30. The zero-order valence-corrected chi connectivity index (χ0v) is 11.0. The minimum absolute atomic E-state index is 0.461. The van der Waals surface area contributed by atoms with Gasteiger partial charge in [-0.15, -0.1) is 0 Å². The van der Waals surface area contributed by atoms with E-state index >= 15 is 0 Å². The molecule has 0 unspecified atom stereocenters. The van der Waals surface area contributed by atoms with E-state index in [2.05, 4.69) is 0 Å². The second-order valence-corrected chi connectivity index (χ2v) is 3.38. The van der Waals surface area contributed by atoms with Gasteiger partial charge in [-0.3, -0.25) is 10.1 Å². The smallest absolute Gasteiger partial charge is 0.336 e. The number of hydrogen-bond donors (Lipinski definition) is 2. The number of carbonyl (C=O) groups is 2. The van der Waals surface area contributed by atoms with Gasteiger partial charge < -0.3 is 14.9 Å². The number of benzene rings is 1. The van der Waals surface area contributed by atoms with Crippen molar-refractivity contribution >= 4 is 17.6 Å². The molecule has 20 heavy (non-hydrogen) atoms. The van der Waals surface area contributed by atoms with Crippen LogP contribution < -0.4 is 0 Å². The summed E-state index contributed by atoms with van der Waals surface area (Å²) in [5, 5.41) is 27.6. The largest absolute Gasteiger partial charge is 0.478 e. The number of nitro benzene ring substituents is 1. The lowest BCUT2D eigenvalue weighted by Crippen LogP contribution is -2.08. The highest BCUT2D eigenvalue weighted by Crippen LogP contribution is 2.17. The summed E-state index contributed by atoms with van der Waals surface area (Å²) in [6.07, 6.45) is 0. The van der Waals surface area contributed by atoms with E-state index in [1.54, 1.807) is 0 Å². The summed E-state index contributed by atoms with van der Waals surface area (Å²) in [4.78, 5) is 30.7. The van der Waals surface area contributed by atoms with Crippen LogP contribution in [0.3, 0.4) is 0 Å². The third kappa shape index (κ3) is 5.44. The van der Waals surface area contributed by atoms with E-state index in [-0.39, 0.29) is 0 Å².